The number of H-pyrrole nitrogens is 1. The maximum atomic E-state index is 12.3. The molecule has 0 saturated carbocycles. The van der Waals surface area contributed by atoms with Crippen molar-refractivity contribution in [3.63, 3.8) is 0 Å². The molecule has 0 bridgehead atoms. The lowest BCUT2D eigenvalue weighted by Gasteiger charge is -2.12. The lowest BCUT2D eigenvalue weighted by Crippen LogP contribution is -2.19. The van der Waals surface area contributed by atoms with Gasteiger partial charge in [0.1, 0.15) is 5.65 Å². The molecule has 4 rings (SSSR count). The average Bonchev–Trinajstić information content (AvgIpc) is 3.29. The Hall–Kier alpha value is -4.59. The first-order valence-electron chi connectivity index (χ1n) is 10.5. The van der Waals surface area contributed by atoms with E-state index in [1.807, 2.05) is 37.4 Å². The summed E-state index contributed by atoms with van der Waals surface area (Å²) < 4.78 is 0. The number of nitrogen functional groups attached to an aromatic ring is 1. The van der Waals surface area contributed by atoms with E-state index in [0.29, 0.717) is 29.3 Å². The lowest BCUT2D eigenvalue weighted by molar-refractivity contribution is 0.262. The molecule has 0 fully saturated rings. The van der Waals surface area contributed by atoms with Crippen molar-refractivity contribution in [1.29, 1.82) is 0 Å². The number of fused-ring (bicyclic) bond motifs is 1. The van der Waals surface area contributed by atoms with Crippen LogP contribution in [0.3, 0.4) is 0 Å². The summed E-state index contributed by atoms with van der Waals surface area (Å²) in [6.07, 6.45) is 5.39. The molecule has 2 amide bonds. The van der Waals surface area contributed by atoms with Crippen molar-refractivity contribution < 1.29 is 4.79 Å². The Bertz CT molecular complexity index is 1340. The third kappa shape index (κ3) is 5.01. The Morgan fingerprint density at radius 3 is 2.64 bits per heavy atom. The summed E-state index contributed by atoms with van der Waals surface area (Å²) in [7, 11) is 0. The van der Waals surface area contributed by atoms with Crippen molar-refractivity contribution in [1.82, 2.24) is 9.97 Å². The minimum Gasteiger partial charge on any atom is -0.399 e. The van der Waals surface area contributed by atoms with Gasteiger partial charge >= 0.3 is 6.03 Å². The number of hydrogen-bond acceptors (Lipinski definition) is 5. The molecule has 8 nitrogen and oxygen atoms in total. The lowest BCUT2D eigenvalue weighted by atomic mass is 9.99. The van der Waals surface area contributed by atoms with Gasteiger partial charge in [-0.3, -0.25) is 4.99 Å². The third-order valence-electron chi connectivity index (χ3n) is 5.04. The zero-order valence-corrected chi connectivity index (χ0v) is 18.2. The van der Waals surface area contributed by atoms with Gasteiger partial charge in [0.05, 0.1) is 0 Å². The highest BCUT2D eigenvalue weighted by atomic mass is 16.2. The Morgan fingerprint density at radius 1 is 1.09 bits per heavy atom. The minimum absolute atomic E-state index is 0.362. The Balaban J connectivity index is 1.58. The van der Waals surface area contributed by atoms with Crippen LogP contribution >= 0.6 is 0 Å². The fourth-order valence-electron chi connectivity index (χ4n) is 3.46. The van der Waals surface area contributed by atoms with E-state index >= 15 is 0 Å². The molecule has 0 unspecified atom stereocenters. The molecule has 7 N–H and O–H groups in total. The fourth-order valence-corrected chi connectivity index (χ4v) is 3.46. The van der Waals surface area contributed by atoms with Crippen LogP contribution in [0, 0.1) is 0 Å². The first-order valence-corrected chi connectivity index (χ1v) is 10.5. The molecule has 0 saturated heterocycles. The molecule has 166 valence electrons. The van der Waals surface area contributed by atoms with Gasteiger partial charge in [0.15, 0.2) is 0 Å². The standard InChI is InChI=1S/C25H25N7O/c1-2-28-15-22(20-10-12-29-24-21(20)11-13-30-24)23(27)16-6-8-18(9-7-16)31-25(33)32-19-5-3-4-17(26)14-19/h3-15H,2,26-27H2,1H3,(H,29,30)(H2,31,32,33). The largest absolute Gasteiger partial charge is 0.399 e. The predicted octanol–water partition coefficient (Wildman–Crippen LogP) is 4.71. The van der Waals surface area contributed by atoms with Crippen molar-refractivity contribution >= 4 is 51.6 Å². The molecule has 0 radical (unpaired) electrons. The summed E-state index contributed by atoms with van der Waals surface area (Å²) in [4.78, 5) is 24.2. The van der Waals surface area contributed by atoms with Crippen LogP contribution in [0.25, 0.3) is 22.3 Å². The van der Waals surface area contributed by atoms with Gasteiger partial charge in [-0.25, -0.2) is 9.78 Å². The highest BCUT2D eigenvalue weighted by molar-refractivity contribution is 6.22. The molecule has 0 aliphatic carbocycles. The molecular weight excluding hydrogens is 414 g/mol. The number of hydrogen-bond donors (Lipinski definition) is 5. The fraction of sp³-hybridized carbons (Fsp3) is 0.0800. The minimum atomic E-state index is -0.362. The van der Waals surface area contributed by atoms with Gasteiger partial charge < -0.3 is 27.1 Å². The zero-order chi connectivity index (χ0) is 23.2. The maximum absolute atomic E-state index is 12.3. The predicted molar refractivity (Wildman–Crippen MR) is 136 cm³/mol. The number of allylic oxidation sites excluding steroid dienone is 1. The van der Waals surface area contributed by atoms with Gasteiger partial charge in [0.25, 0.3) is 0 Å². The van der Waals surface area contributed by atoms with E-state index in [0.717, 1.165) is 27.7 Å². The molecule has 2 heterocycles. The van der Waals surface area contributed by atoms with Gasteiger partial charge in [0, 0.05) is 58.9 Å². The van der Waals surface area contributed by atoms with Crippen molar-refractivity contribution in [2.24, 2.45) is 10.7 Å². The van der Waals surface area contributed by atoms with Gasteiger partial charge in [-0.05, 0) is 60.5 Å². The summed E-state index contributed by atoms with van der Waals surface area (Å²) in [6.45, 7) is 2.61. The van der Waals surface area contributed by atoms with Crippen LogP contribution in [0.1, 0.15) is 18.1 Å². The number of aromatic amines is 1. The van der Waals surface area contributed by atoms with Crippen molar-refractivity contribution in [2.75, 3.05) is 22.9 Å². The number of nitrogens with zero attached hydrogens (tertiary/aromatic N) is 2. The van der Waals surface area contributed by atoms with E-state index < -0.39 is 0 Å². The highest BCUT2D eigenvalue weighted by Gasteiger charge is 2.12. The number of carbonyl (C=O) groups is 1. The molecule has 33 heavy (non-hydrogen) atoms. The van der Waals surface area contributed by atoms with Crippen LogP contribution < -0.4 is 22.1 Å². The second-order valence-corrected chi connectivity index (χ2v) is 7.34. The highest BCUT2D eigenvalue weighted by Crippen LogP contribution is 2.27. The summed E-state index contributed by atoms with van der Waals surface area (Å²) in [5.41, 5.74) is 18.1. The molecule has 2 aromatic heterocycles. The van der Waals surface area contributed by atoms with Crippen LogP contribution in [0.4, 0.5) is 21.9 Å². The number of aliphatic imine (C=N–C) groups is 1. The zero-order valence-electron chi connectivity index (χ0n) is 18.2. The number of anilines is 3. The number of carbonyl (C=O) groups excluding carboxylic acids is 1. The van der Waals surface area contributed by atoms with Crippen LogP contribution in [0.5, 0.6) is 0 Å². The monoisotopic (exact) mass is 439 g/mol. The quantitative estimate of drug-likeness (QED) is 0.220. The summed E-state index contributed by atoms with van der Waals surface area (Å²) in [5.74, 6) is 0. The molecular formula is C25H25N7O. The van der Waals surface area contributed by atoms with Crippen LogP contribution in [-0.2, 0) is 0 Å². The average molecular weight is 440 g/mol. The molecule has 0 atom stereocenters. The number of rotatable bonds is 6. The van der Waals surface area contributed by atoms with E-state index in [1.54, 1.807) is 48.8 Å². The van der Waals surface area contributed by atoms with Crippen molar-refractivity contribution in [2.45, 2.75) is 6.92 Å². The second kappa shape index (κ2) is 9.69. The number of nitrogens with two attached hydrogens (primary N) is 2. The summed E-state index contributed by atoms with van der Waals surface area (Å²) in [5, 5.41) is 6.53. The number of pyridine rings is 1. The smallest absolute Gasteiger partial charge is 0.323 e. The summed E-state index contributed by atoms with van der Waals surface area (Å²) in [6, 6.07) is 17.8. The van der Waals surface area contributed by atoms with E-state index in [9.17, 15) is 4.79 Å². The van der Waals surface area contributed by atoms with Crippen molar-refractivity contribution in [3.8, 4) is 0 Å². The van der Waals surface area contributed by atoms with E-state index in [-0.39, 0.29) is 6.03 Å². The number of aromatic nitrogens is 2. The SMILES string of the molecule is CCN=CC(=C(N)c1ccc(NC(=O)Nc2cccc(N)c2)cc1)c1ccnc2[nH]ccc12. The molecule has 2 aromatic carbocycles. The second-order valence-electron chi connectivity index (χ2n) is 7.34. The molecule has 8 heteroatoms. The number of benzene rings is 2. The van der Waals surface area contributed by atoms with E-state index in [4.69, 9.17) is 11.5 Å². The normalized spacial score (nSPS) is 12.0. The van der Waals surface area contributed by atoms with E-state index in [1.165, 1.54) is 0 Å². The Kier molecular flexibility index (Phi) is 6.36. The maximum Gasteiger partial charge on any atom is 0.323 e. The molecule has 4 aromatic rings. The summed E-state index contributed by atoms with van der Waals surface area (Å²) >= 11 is 0. The third-order valence-corrected chi connectivity index (χ3v) is 5.04. The topological polar surface area (TPSA) is 134 Å². The van der Waals surface area contributed by atoms with Gasteiger partial charge in [-0.15, -0.1) is 0 Å². The molecule has 0 aliphatic rings. The first kappa shape index (κ1) is 21.6. The van der Waals surface area contributed by atoms with Crippen LogP contribution in [0.2, 0.25) is 0 Å². The first-order chi connectivity index (χ1) is 16.0. The number of nitrogens with one attached hydrogen (secondary N) is 3. The number of amides is 2. The van der Waals surface area contributed by atoms with Gasteiger partial charge in [-0.2, -0.15) is 0 Å². The van der Waals surface area contributed by atoms with Crippen LogP contribution in [-0.4, -0.2) is 28.8 Å². The molecule has 0 spiro atoms. The van der Waals surface area contributed by atoms with E-state index in [2.05, 4.69) is 25.6 Å². The van der Waals surface area contributed by atoms with Gasteiger partial charge in [0.2, 0.25) is 0 Å². The number of urea groups is 1. The van der Waals surface area contributed by atoms with Gasteiger partial charge in [-0.1, -0.05) is 18.2 Å². The molecule has 0 aliphatic heterocycles. The Labute approximate surface area is 191 Å². The Morgan fingerprint density at radius 2 is 1.88 bits per heavy atom. The van der Waals surface area contributed by atoms with Crippen molar-refractivity contribution in [3.05, 3.63) is 84.2 Å². The van der Waals surface area contributed by atoms with Crippen LogP contribution in [0.15, 0.2) is 78.0 Å².